The summed E-state index contributed by atoms with van der Waals surface area (Å²) in [5.41, 5.74) is -0.835. The fourth-order valence-corrected chi connectivity index (χ4v) is 1.73. The van der Waals surface area contributed by atoms with Crippen molar-refractivity contribution in [2.75, 3.05) is 0 Å². The first kappa shape index (κ1) is 17.9. The number of pyridine rings is 1. The van der Waals surface area contributed by atoms with E-state index in [9.17, 15) is 9.90 Å². The van der Waals surface area contributed by atoms with Crippen LogP contribution in [0.3, 0.4) is 0 Å². The number of nitrogens with one attached hydrogen (secondary N) is 1. The van der Waals surface area contributed by atoms with E-state index in [0.717, 1.165) is 5.69 Å². The minimum absolute atomic E-state index is 0.203. The van der Waals surface area contributed by atoms with Crippen molar-refractivity contribution in [1.82, 2.24) is 10.3 Å². The molecule has 5 heteroatoms. The molecule has 1 aromatic heterocycles. The van der Waals surface area contributed by atoms with E-state index in [1.165, 1.54) is 6.07 Å². The first-order chi connectivity index (χ1) is 9.24. The number of carbonyl (C=O) groups excluding carboxylic acids is 1. The van der Waals surface area contributed by atoms with Crippen LogP contribution in [0.25, 0.3) is 0 Å². The molecule has 0 fully saturated rings. The van der Waals surface area contributed by atoms with Crippen LogP contribution in [-0.4, -0.2) is 27.1 Å². The van der Waals surface area contributed by atoms with E-state index < -0.39 is 11.1 Å². The van der Waals surface area contributed by atoms with Gasteiger partial charge >= 0.3 is 0 Å². The monoisotopic (exact) mass is 312 g/mol. The number of aromatic nitrogens is 1. The van der Waals surface area contributed by atoms with Crippen LogP contribution in [0.4, 0.5) is 0 Å². The van der Waals surface area contributed by atoms with Crippen molar-refractivity contribution in [3.05, 3.63) is 28.5 Å². The maximum absolute atomic E-state index is 12.4. The van der Waals surface area contributed by atoms with Gasteiger partial charge in [-0.2, -0.15) is 0 Å². The maximum Gasteiger partial charge on any atom is 0.251 e. The summed E-state index contributed by atoms with van der Waals surface area (Å²) in [4.78, 5) is 16.7. The first-order valence-corrected chi connectivity index (χ1v) is 7.35. The lowest BCUT2D eigenvalue weighted by molar-refractivity contribution is -0.00293. The van der Waals surface area contributed by atoms with Crippen LogP contribution in [0.2, 0.25) is 5.15 Å². The van der Waals surface area contributed by atoms with Gasteiger partial charge in [-0.3, -0.25) is 4.79 Å². The Morgan fingerprint density at radius 1 is 1.14 bits per heavy atom. The summed E-state index contributed by atoms with van der Waals surface area (Å²) in [5, 5.41) is 13.3. The van der Waals surface area contributed by atoms with Crippen LogP contribution in [0.5, 0.6) is 0 Å². The topological polar surface area (TPSA) is 62.2 Å². The van der Waals surface area contributed by atoms with Gasteiger partial charge in [0.15, 0.2) is 0 Å². The SMILES string of the molecule is CC(C)(C)c1cc(C(=O)NC(C)(C)C(C)(C)O)cc(Cl)n1. The molecule has 0 bridgehead atoms. The number of carbonyl (C=O) groups is 1. The van der Waals surface area contributed by atoms with Gasteiger partial charge in [0.2, 0.25) is 0 Å². The average Bonchev–Trinajstić information content (AvgIpc) is 2.24. The second kappa shape index (κ2) is 5.58. The van der Waals surface area contributed by atoms with Crippen molar-refractivity contribution >= 4 is 17.5 Å². The quantitative estimate of drug-likeness (QED) is 0.842. The Labute approximate surface area is 131 Å². The van der Waals surface area contributed by atoms with Crippen LogP contribution >= 0.6 is 11.6 Å². The van der Waals surface area contributed by atoms with Gasteiger partial charge in [-0.15, -0.1) is 0 Å². The van der Waals surface area contributed by atoms with E-state index >= 15 is 0 Å². The Bertz CT molecular complexity index is 540. The number of rotatable bonds is 3. The number of nitrogens with zero attached hydrogens (tertiary/aromatic N) is 1. The third kappa shape index (κ3) is 4.42. The molecule has 0 aromatic carbocycles. The summed E-state index contributed by atoms with van der Waals surface area (Å²) < 4.78 is 0. The summed E-state index contributed by atoms with van der Waals surface area (Å²) in [6.07, 6.45) is 0. The predicted molar refractivity (Wildman–Crippen MR) is 85.8 cm³/mol. The Morgan fingerprint density at radius 3 is 2.10 bits per heavy atom. The molecule has 118 valence electrons. The fraction of sp³-hybridized carbons (Fsp3) is 0.625. The second-order valence-corrected chi connectivity index (χ2v) is 7.84. The molecule has 2 N–H and O–H groups in total. The van der Waals surface area contributed by atoms with Gasteiger partial charge in [0, 0.05) is 16.7 Å². The van der Waals surface area contributed by atoms with E-state index in [-0.39, 0.29) is 16.5 Å². The summed E-state index contributed by atoms with van der Waals surface area (Å²) in [7, 11) is 0. The highest BCUT2D eigenvalue weighted by Gasteiger charge is 2.36. The number of aliphatic hydroxyl groups is 1. The highest BCUT2D eigenvalue weighted by atomic mass is 35.5. The van der Waals surface area contributed by atoms with Crippen molar-refractivity contribution in [1.29, 1.82) is 0 Å². The standard InChI is InChI=1S/C16H25ClN2O2/c1-14(2,3)11-8-10(9-12(17)18-11)13(20)19-15(4,5)16(6,7)21/h8-9,21H,1-7H3,(H,19,20). The minimum Gasteiger partial charge on any atom is -0.388 e. The number of hydrogen-bond donors (Lipinski definition) is 2. The van der Waals surface area contributed by atoms with E-state index in [0.29, 0.717) is 5.56 Å². The zero-order chi connectivity index (χ0) is 16.6. The molecule has 1 rings (SSSR count). The smallest absolute Gasteiger partial charge is 0.251 e. The third-order valence-electron chi connectivity index (χ3n) is 3.78. The number of halogens is 1. The number of amides is 1. The summed E-state index contributed by atoms with van der Waals surface area (Å²) >= 11 is 6.02. The van der Waals surface area contributed by atoms with E-state index in [1.807, 2.05) is 20.8 Å². The van der Waals surface area contributed by atoms with E-state index in [2.05, 4.69) is 10.3 Å². The average molecular weight is 313 g/mol. The Hall–Kier alpha value is -1.13. The van der Waals surface area contributed by atoms with Crippen molar-refractivity contribution in [2.45, 2.75) is 65.0 Å². The molecule has 0 aliphatic rings. The Morgan fingerprint density at radius 2 is 1.67 bits per heavy atom. The highest BCUT2D eigenvalue weighted by Crippen LogP contribution is 2.25. The first-order valence-electron chi connectivity index (χ1n) is 6.97. The van der Waals surface area contributed by atoms with Gasteiger partial charge in [0.05, 0.1) is 11.1 Å². The molecule has 1 heterocycles. The molecule has 0 spiro atoms. The lowest BCUT2D eigenvalue weighted by Crippen LogP contribution is -2.57. The molecule has 4 nitrogen and oxygen atoms in total. The van der Waals surface area contributed by atoms with Crippen molar-refractivity contribution < 1.29 is 9.90 Å². The van der Waals surface area contributed by atoms with Crippen LogP contribution < -0.4 is 5.32 Å². The molecule has 21 heavy (non-hydrogen) atoms. The summed E-state index contributed by atoms with van der Waals surface area (Å²) in [5.74, 6) is -0.281. The van der Waals surface area contributed by atoms with E-state index in [4.69, 9.17) is 11.6 Å². The molecular formula is C16H25ClN2O2. The maximum atomic E-state index is 12.4. The van der Waals surface area contributed by atoms with Crippen LogP contribution in [0, 0.1) is 0 Å². The van der Waals surface area contributed by atoms with Crippen molar-refractivity contribution in [3.8, 4) is 0 Å². The largest absolute Gasteiger partial charge is 0.388 e. The molecule has 0 saturated carbocycles. The highest BCUT2D eigenvalue weighted by molar-refractivity contribution is 6.29. The van der Waals surface area contributed by atoms with Crippen LogP contribution in [0.1, 0.15) is 64.5 Å². The van der Waals surface area contributed by atoms with Gasteiger partial charge in [0.25, 0.3) is 5.91 Å². The fourth-order valence-electron chi connectivity index (χ4n) is 1.52. The van der Waals surface area contributed by atoms with E-state index in [1.54, 1.807) is 33.8 Å². The molecule has 0 atom stereocenters. The Kier molecular flexibility index (Phi) is 4.76. The van der Waals surface area contributed by atoms with Crippen molar-refractivity contribution in [3.63, 3.8) is 0 Å². The summed E-state index contributed by atoms with van der Waals surface area (Å²) in [6, 6.07) is 3.27. The lowest BCUT2D eigenvalue weighted by Gasteiger charge is -2.38. The zero-order valence-corrected chi connectivity index (χ0v) is 14.6. The van der Waals surface area contributed by atoms with Crippen LogP contribution in [0.15, 0.2) is 12.1 Å². The number of hydrogen-bond acceptors (Lipinski definition) is 3. The van der Waals surface area contributed by atoms with Crippen molar-refractivity contribution in [2.24, 2.45) is 0 Å². The molecule has 0 aliphatic heterocycles. The van der Waals surface area contributed by atoms with Gasteiger partial charge in [0.1, 0.15) is 5.15 Å². The van der Waals surface area contributed by atoms with Gasteiger partial charge in [-0.1, -0.05) is 32.4 Å². The van der Waals surface area contributed by atoms with Crippen LogP contribution in [-0.2, 0) is 5.41 Å². The van der Waals surface area contributed by atoms with Gasteiger partial charge in [-0.05, 0) is 39.8 Å². The Balaban J connectivity index is 3.12. The van der Waals surface area contributed by atoms with Gasteiger partial charge in [-0.25, -0.2) is 4.98 Å². The molecule has 0 saturated heterocycles. The molecule has 1 amide bonds. The zero-order valence-electron chi connectivity index (χ0n) is 13.8. The van der Waals surface area contributed by atoms with Gasteiger partial charge < -0.3 is 10.4 Å². The molecular weight excluding hydrogens is 288 g/mol. The molecule has 1 aromatic rings. The molecule has 0 radical (unpaired) electrons. The third-order valence-corrected chi connectivity index (χ3v) is 3.97. The second-order valence-electron chi connectivity index (χ2n) is 7.45. The predicted octanol–water partition coefficient (Wildman–Crippen LogP) is 3.31. The molecule has 0 aliphatic carbocycles. The summed E-state index contributed by atoms with van der Waals surface area (Å²) in [6.45, 7) is 12.9. The normalized spacial score (nSPS) is 13.2. The lowest BCUT2D eigenvalue weighted by atomic mass is 9.85. The minimum atomic E-state index is -1.05. The molecule has 0 unspecified atom stereocenters.